The number of nitrogens with one attached hydrogen (secondary N) is 3. The van der Waals surface area contributed by atoms with E-state index in [1.54, 1.807) is 30.3 Å². The monoisotopic (exact) mass is 644 g/mol. The molecule has 4 amide bonds. The van der Waals surface area contributed by atoms with E-state index in [1.807, 2.05) is 45.0 Å². The van der Waals surface area contributed by atoms with Crippen LogP contribution < -0.4 is 20.7 Å². The summed E-state index contributed by atoms with van der Waals surface area (Å²) in [5.41, 5.74) is 2.34. The van der Waals surface area contributed by atoms with Crippen molar-refractivity contribution in [3.63, 3.8) is 0 Å². The van der Waals surface area contributed by atoms with E-state index >= 15 is 0 Å². The molecule has 1 fully saturated rings. The number of nitrogens with zero attached hydrogens (tertiary/aromatic N) is 1. The third kappa shape index (κ3) is 8.92. The number of benzene rings is 3. The summed E-state index contributed by atoms with van der Waals surface area (Å²) in [7, 11) is 0. The fourth-order valence-electron chi connectivity index (χ4n) is 5.06. The quantitative estimate of drug-likeness (QED) is 0.247. The number of thioether (sulfide) groups is 1. The third-order valence-electron chi connectivity index (χ3n) is 7.40. The number of para-hydroxylation sites is 2. The lowest BCUT2D eigenvalue weighted by Gasteiger charge is -2.33. The number of anilines is 1. The number of ether oxygens (including phenoxy) is 1. The molecule has 0 saturated carbocycles. The number of hydrogen-bond donors (Lipinski definition) is 4. The molecular weight excluding hydrogens is 609 g/mol. The van der Waals surface area contributed by atoms with Crippen LogP contribution in [0.2, 0.25) is 0 Å². The van der Waals surface area contributed by atoms with Crippen LogP contribution >= 0.6 is 11.8 Å². The molecule has 4 rings (SSSR count). The predicted octanol–water partition coefficient (Wildman–Crippen LogP) is 4.98. The minimum atomic E-state index is -4.99. The molecule has 3 aromatic carbocycles. The smallest absolute Gasteiger partial charge is 0.404 e. The summed E-state index contributed by atoms with van der Waals surface area (Å²) in [5, 5.41) is 19.1. The van der Waals surface area contributed by atoms with E-state index in [0.29, 0.717) is 5.56 Å². The second-order valence-electron chi connectivity index (χ2n) is 11.1. The number of amides is 4. The Kier molecular flexibility index (Phi) is 10.7. The molecule has 3 aromatic rings. The van der Waals surface area contributed by atoms with Gasteiger partial charge in [0.2, 0.25) is 5.91 Å². The Hall–Kier alpha value is -4.23. The number of aliphatic hydroxyl groups excluding tert-OH is 1. The summed E-state index contributed by atoms with van der Waals surface area (Å²) in [6.07, 6.45) is -6.77. The van der Waals surface area contributed by atoms with Crippen molar-refractivity contribution in [2.45, 2.75) is 63.0 Å². The number of rotatable bonds is 10. The van der Waals surface area contributed by atoms with Crippen molar-refractivity contribution < 1.29 is 37.4 Å². The van der Waals surface area contributed by atoms with Gasteiger partial charge in [0.1, 0.15) is 6.04 Å². The molecular formula is C32H35F3N4O5S. The number of carbonyl (C=O) groups excluding carboxylic acids is 3. The highest BCUT2D eigenvalue weighted by atomic mass is 32.2. The van der Waals surface area contributed by atoms with Gasteiger partial charge >= 0.3 is 12.4 Å². The van der Waals surface area contributed by atoms with Crippen molar-refractivity contribution in [2.75, 3.05) is 11.2 Å². The minimum absolute atomic E-state index is 0.0103. The molecule has 1 heterocycles. The fourth-order valence-corrected chi connectivity index (χ4v) is 6.20. The molecule has 9 nitrogen and oxygen atoms in total. The van der Waals surface area contributed by atoms with Gasteiger partial charge in [0.25, 0.3) is 5.91 Å². The van der Waals surface area contributed by atoms with Gasteiger partial charge in [-0.05, 0) is 56.0 Å². The molecule has 1 saturated heterocycles. The van der Waals surface area contributed by atoms with Gasteiger partial charge < -0.3 is 30.7 Å². The highest BCUT2D eigenvalue weighted by Gasteiger charge is 2.49. The summed E-state index contributed by atoms with van der Waals surface area (Å²) in [4.78, 5) is 41.6. The normalized spacial score (nSPS) is 17.2. The van der Waals surface area contributed by atoms with Crippen LogP contribution in [0, 0.1) is 6.92 Å². The van der Waals surface area contributed by atoms with Crippen molar-refractivity contribution in [2.24, 2.45) is 0 Å². The van der Waals surface area contributed by atoms with Crippen LogP contribution in [0.3, 0.4) is 0 Å². The lowest BCUT2D eigenvalue weighted by Crippen LogP contribution is -2.59. The number of aryl methyl sites for hydroxylation is 1. The summed E-state index contributed by atoms with van der Waals surface area (Å²) in [5.74, 6) is -1.67. The standard InChI is InChI=1S/C32H35F3N4O5S/c1-20-11-7-8-14-22(20)18-36-28(41)27-31(2,3)45-19-39(27)29(42)26(40)24(17-21-12-5-4-6-13-21)38-30(43)37-23-15-9-10-16-25(23)44-32(33,34)35/h4-16,24,26-27,40H,17-19H2,1-3H3,(H,36,41)(H2,37,38,43). The minimum Gasteiger partial charge on any atom is -0.404 e. The molecule has 1 aliphatic rings. The molecule has 0 spiro atoms. The second kappa shape index (κ2) is 14.2. The first-order valence-electron chi connectivity index (χ1n) is 14.2. The molecule has 1 aliphatic heterocycles. The van der Waals surface area contributed by atoms with Crippen LogP contribution in [0.25, 0.3) is 0 Å². The molecule has 45 heavy (non-hydrogen) atoms. The summed E-state index contributed by atoms with van der Waals surface area (Å²) in [6.45, 7) is 5.86. The van der Waals surface area contributed by atoms with Crippen molar-refractivity contribution in [1.82, 2.24) is 15.5 Å². The van der Waals surface area contributed by atoms with E-state index < -0.39 is 47.0 Å². The highest BCUT2D eigenvalue weighted by Crippen LogP contribution is 2.40. The van der Waals surface area contributed by atoms with Gasteiger partial charge in [0.15, 0.2) is 11.9 Å². The topological polar surface area (TPSA) is 120 Å². The van der Waals surface area contributed by atoms with Crippen LogP contribution in [0.4, 0.5) is 23.7 Å². The van der Waals surface area contributed by atoms with E-state index in [9.17, 15) is 32.7 Å². The van der Waals surface area contributed by atoms with E-state index in [1.165, 1.54) is 34.9 Å². The Balaban J connectivity index is 1.53. The Labute approximate surface area is 263 Å². The lowest BCUT2D eigenvalue weighted by molar-refractivity contribution is -0.274. The van der Waals surface area contributed by atoms with Gasteiger partial charge in [0, 0.05) is 11.3 Å². The molecule has 0 bridgehead atoms. The zero-order valence-corrected chi connectivity index (χ0v) is 25.7. The van der Waals surface area contributed by atoms with Crippen molar-refractivity contribution in [1.29, 1.82) is 0 Å². The maximum atomic E-state index is 13.8. The molecule has 0 radical (unpaired) electrons. The van der Waals surface area contributed by atoms with Gasteiger partial charge in [-0.25, -0.2) is 4.79 Å². The largest absolute Gasteiger partial charge is 0.573 e. The lowest BCUT2D eigenvalue weighted by atomic mass is 9.97. The Morgan fingerprint density at radius 1 is 1.02 bits per heavy atom. The maximum Gasteiger partial charge on any atom is 0.573 e. The van der Waals surface area contributed by atoms with Crippen LogP contribution in [-0.2, 0) is 22.6 Å². The maximum absolute atomic E-state index is 13.8. The molecule has 0 aliphatic carbocycles. The molecule has 13 heteroatoms. The van der Waals surface area contributed by atoms with Crippen molar-refractivity contribution in [3.05, 3.63) is 95.6 Å². The van der Waals surface area contributed by atoms with Crippen molar-refractivity contribution >= 4 is 35.3 Å². The van der Waals surface area contributed by atoms with E-state index in [0.717, 1.165) is 17.2 Å². The number of urea groups is 1. The molecule has 0 aromatic heterocycles. The molecule has 240 valence electrons. The van der Waals surface area contributed by atoms with E-state index in [4.69, 9.17) is 0 Å². The number of aliphatic hydroxyl groups is 1. The van der Waals surface area contributed by atoms with Crippen LogP contribution in [0.15, 0.2) is 78.9 Å². The number of halogens is 3. The van der Waals surface area contributed by atoms with Crippen LogP contribution in [0.5, 0.6) is 5.75 Å². The predicted molar refractivity (Wildman–Crippen MR) is 165 cm³/mol. The number of alkyl halides is 3. The number of hydrogen-bond acceptors (Lipinski definition) is 6. The third-order valence-corrected chi connectivity index (χ3v) is 8.78. The fraction of sp³-hybridized carbons (Fsp3) is 0.344. The first kappa shape index (κ1) is 33.7. The Morgan fingerprint density at radius 2 is 1.67 bits per heavy atom. The zero-order chi connectivity index (χ0) is 32.8. The Bertz CT molecular complexity index is 1510. The van der Waals surface area contributed by atoms with Crippen molar-refractivity contribution in [3.8, 4) is 5.75 Å². The summed E-state index contributed by atoms with van der Waals surface area (Å²) >= 11 is 1.38. The second-order valence-corrected chi connectivity index (χ2v) is 12.7. The van der Waals surface area contributed by atoms with E-state index in [-0.39, 0.29) is 30.4 Å². The number of carbonyl (C=O) groups is 3. The first-order valence-corrected chi connectivity index (χ1v) is 15.1. The van der Waals surface area contributed by atoms with E-state index in [2.05, 4.69) is 20.7 Å². The average Bonchev–Trinajstić information content (AvgIpc) is 3.31. The van der Waals surface area contributed by atoms with Crippen LogP contribution in [-0.4, -0.2) is 63.0 Å². The summed E-state index contributed by atoms with van der Waals surface area (Å²) < 4.78 is 42.0. The van der Waals surface area contributed by atoms with Gasteiger partial charge in [-0.15, -0.1) is 24.9 Å². The average molecular weight is 645 g/mol. The highest BCUT2D eigenvalue weighted by molar-refractivity contribution is 8.00. The molecule has 4 N–H and O–H groups in total. The molecule has 3 unspecified atom stereocenters. The van der Waals surface area contributed by atoms with Gasteiger partial charge in [0.05, 0.1) is 17.6 Å². The molecule has 3 atom stereocenters. The van der Waals surface area contributed by atoms with Gasteiger partial charge in [-0.3, -0.25) is 9.59 Å². The Morgan fingerprint density at radius 3 is 2.36 bits per heavy atom. The summed E-state index contributed by atoms with van der Waals surface area (Å²) in [6, 6.07) is 18.2. The SMILES string of the molecule is Cc1ccccc1CNC(=O)C1N(C(=O)C(O)C(Cc2ccccc2)NC(=O)Nc2ccccc2OC(F)(F)F)CSC1(C)C. The van der Waals surface area contributed by atoms with Gasteiger partial charge in [-0.2, -0.15) is 0 Å². The van der Waals surface area contributed by atoms with Crippen LogP contribution in [0.1, 0.15) is 30.5 Å². The zero-order valence-electron chi connectivity index (χ0n) is 24.9. The first-order chi connectivity index (χ1) is 21.2. The van der Waals surface area contributed by atoms with Gasteiger partial charge in [-0.1, -0.05) is 66.7 Å².